The van der Waals surface area contributed by atoms with E-state index in [2.05, 4.69) is 66.9 Å². The molecule has 0 heterocycles. The molecule has 1 fully saturated rings. The van der Waals surface area contributed by atoms with Gasteiger partial charge in [-0.2, -0.15) is 0 Å². The van der Waals surface area contributed by atoms with Crippen LogP contribution in [0, 0.1) is 5.92 Å². The van der Waals surface area contributed by atoms with E-state index < -0.39 is 0 Å². The predicted molar refractivity (Wildman–Crippen MR) is 123 cm³/mol. The average molecular weight is 406 g/mol. The lowest BCUT2D eigenvalue weighted by Crippen LogP contribution is -2.24. The molecule has 0 saturated heterocycles. The Morgan fingerprint density at radius 3 is 2.73 bits per heavy atom. The van der Waals surface area contributed by atoms with Gasteiger partial charge in [0, 0.05) is 24.5 Å². The van der Waals surface area contributed by atoms with Crippen molar-refractivity contribution in [2.45, 2.75) is 77.2 Å². The molecule has 3 heteroatoms. The summed E-state index contributed by atoms with van der Waals surface area (Å²) in [7, 11) is 0. The monoisotopic (exact) mass is 405 g/mol. The molecule has 0 unspecified atom stereocenters. The number of unbranched alkanes of at least 4 members (excludes halogenated alkanes) is 1. The molecule has 0 bridgehead atoms. The Balaban J connectivity index is 1.40. The van der Waals surface area contributed by atoms with Crippen molar-refractivity contribution in [3.63, 3.8) is 0 Å². The van der Waals surface area contributed by atoms with E-state index >= 15 is 0 Å². The van der Waals surface area contributed by atoms with Crippen molar-refractivity contribution >= 4 is 11.7 Å². The van der Waals surface area contributed by atoms with Gasteiger partial charge in [0.15, 0.2) is 5.78 Å². The number of ketones is 1. The lowest BCUT2D eigenvalue weighted by Gasteiger charge is -2.07. The number of carbonyl (C=O) groups excluding carboxylic acids is 2. The Hall–Kier alpha value is -2.42. The van der Waals surface area contributed by atoms with Gasteiger partial charge in [-0.25, -0.2) is 0 Å². The van der Waals surface area contributed by atoms with Crippen LogP contribution in [0.3, 0.4) is 0 Å². The molecule has 1 N–H and O–H groups in total. The van der Waals surface area contributed by atoms with Crippen molar-refractivity contribution in [2.75, 3.05) is 0 Å². The van der Waals surface area contributed by atoms with E-state index in [0.717, 1.165) is 50.5 Å². The number of Topliss-reactive ketones (excluding diaryl/α,β-unsaturated/α-hetero) is 1. The molecule has 30 heavy (non-hydrogen) atoms. The molecule has 2 aliphatic carbocycles. The van der Waals surface area contributed by atoms with Crippen molar-refractivity contribution in [3.8, 4) is 0 Å². The van der Waals surface area contributed by atoms with Crippen LogP contribution in [0.4, 0.5) is 0 Å². The van der Waals surface area contributed by atoms with Gasteiger partial charge in [-0.3, -0.25) is 9.59 Å². The normalized spacial score (nSPS) is 18.0. The maximum Gasteiger partial charge on any atom is 0.220 e. The lowest BCUT2D eigenvalue weighted by molar-refractivity contribution is -0.121. The average Bonchev–Trinajstić information content (AvgIpc) is 3.50. The molecule has 0 spiro atoms. The molecule has 1 aromatic carbocycles. The zero-order chi connectivity index (χ0) is 21.2. The number of rotatable bonds is 12. The number of nitrogens with one attached hydrogen (secondary N) is 1. The number of amides is 1. The van der Waals surface area contributed by atoms with Gasteiger partial charge in [0.05, 0.1) is 0 Å². The van der Waals surface area contributed by atoms with Crippen molar-refractivity contribution in [2.24, 2.45) is 5.92 Å². The fourth-order valence-electron chi connectivity index (χ4n) is 3.80. The number of allylic oxidation sites excluding steroid dienone is 6. The predicted octanol–water partition coefficient (Wildman–Crippen LogP) is 5.87. The van der Waals surface area contributed by atoms with Crippen LogP contribution in [0.2, 0.25) is 0 Å². The van der Waals surface area contributed by atoms with E-state index in [9.17, 15) is 9.59 Å². The summed E-state index contributed by atoms with van der Waals surface area (Å²) in [5.41, 5.74) is 3.56. The van der Waals surface area contributed by atoms with Gasteiger partial charge < -0.3 is 5.32 Å². The first-order valence-electron chi connectivity index (χ1n) is 11.5. The van der Waals surface area contributed by atoms with Crippen LogP contribution in [-0.2, 0) is 16.0 Å². The quantitative estimate of drug-likeness (QED) is 0.349. The van der Waals surface area contributed by atoms with Crippen LogP contribution in [0.25, 0.3) is 0 Å². The third kappa shape index (κ3) is 7.78. The summed E-state index contributed by atoms with van der Waals surface area (Å²) in [4.78, 5) is 24.0. The minimum absolute atomic E-state index is 0.174. The first kappa shape index (κ1) is 22.3. The molecule has 1 aromatic rings. The molecule has 1 atom stereocenters. The highest BCUT2D eigenvalue weighted by molar-refractivity contribution is 5.99. The third-order valence-electron chi connectivity index (χ3n) is 5.91. The molecule has 160 valence electrons. The van der Waals surface area contributed by atoms with Crippen molar-refractivity contribution in [3.05, 3.63) is 71.3 Å². The van der Waals surface area contributed by atoms with Crippen LogP contribution < -0.4 is 5.32 Å². The number of hydrogen-bond acceptors (Lipinski definition) is 2. The van der Waals surface area contributed by atoms with Gasteiger partial charge in [-0.15, -0.1) is 0 Å². The maximum absolute atomic E-state index is 12.3. The molecular weight excluding hydrogens is 370 g/mol. The van der Waals surface area contributed by atoms with Crippen molar-refractivity contribution < 1.29 is 9.59 Å². The molecule has 3 nitrogen and oxygen atoms in total. The molecule has 0 aliphatic heterocycles. The Morgan fingerprint density at radius 1 is 1.17 bits per heavy atom. The van der Waals surface area contributed by atoms with Crippen LogP contribution in [0.1, 0.15) is 70.3 Å². The Labute approximate surface area is 181 Å². The standard InChI is InChI=1S/C27H35NO2/c1-21(13-15-22-9-5-4-6-10-22)14-16-23-17-20-26(29)25(23)11-7-2-3-8-12-27(30)28-24-18-19-24/h2,4-7,9-10,14,16,21,24H,3,8,11-13,15,17-20H2,1H3,(H,28,30)/b7-2-,16-14+/t21-/m0/s1. The molecule has 1 saturated carbocycles. The fraction of sp³-hybridized carbons (Fsp3) is 0.481. The third-order valence-corrected chi connectivity index (χ3v) is 5.91. The molecule has 0 radical (unpaired) electrons. The van der Waals surface area contributed by atoms with E-state index in [1.807, 2.05) is 0 Å². The molecule has 1 amide bonds. The summed E-state index contributed by atoms with van der Waals surface area (Å²) in [5.74, 6) is 0.959. The number of benzene rings is 1. The van der Waals surface area contributed by atoms with Crippen LogP contribution in [0.5, 0.6) is 0 Å². The number of aryl methyl sites for hydroxylation is 1. The highest BCUT2D eigenvalue weighted by atomic mass is 16.1. The molecular formula is C27H35NO2. The van der Waals surface area contributed by atoms with E-state index in [1.165, 1.54) is 11.1 Å². The van der Waals surface area contributed by atoms with Crippen molar-refractivity contribution in [1.82, 2.24) is 5.32 Å². The van der Waals surface area contributed by atoms with E-state index in [0.29, 0.717) is 37.0 Å². The van der Waals surface area contributed by atoms with Gasteiger partial charge in [-0.05, 0) is 68.4 Å². The Kier molecular flexibility index (Phi) is 8.67. The Bertz CT molecular complexity index is 799. The highest BCUT2D eigenvalue weighted by Gasteiger charge is 2.22. The summed E-state index contributed by atoms with van der Waals surface area (Å²) in [6.07, 6.45) is 17.7. The van der Waals surface area contributed by atoms with Crippen LogP contribution in [0.15, 0.2) is 65.8 Å². The molecule has 0 aromatic heterocycles. The zero-order valence-electron chi connectivity index (χ0n) is 18.2. The fourth-order valence-corrected chi connectivity index (χ4v) is 3.80. The van der Waals surface area contributed by atoms with Crippen LogP contribution >= 0.6 is 0 Å². The minimum atomic E-state index is 0.174. The van der Waals surface area contributed by atoms with E-state index in [-0.39, 0.29) is 5.91 Å². The second kappa shape index (κ2) is 11.7. The summed E-state index contributed by atoms with van der Waals surface area (Å²) in [5, 5.41) is 3.02. The van der Waals surface area contributed by atoms with E-state index in [1.54, 1.807) is 0 Å². The zero-order valence-corrected chi connectivity index (χ0v) is 18.2. The minimum Gasteiger partial charge on any atom is -0.353 e. The first-order chi connectivity index (χ1) is 14.6. The molecule has 2 aliphatic rings. The Morgan fingerprint density at radius 2 is 1.97 bits per heavy atom. The van der Waals surface area contributed by atoms with Gasteiger partial charge in [0.1, 0.15) is 0 Å². The number of carbonyl (C=O) groups is 2. The topological polar surface area (TPSA) is 46.2 Å². The second-order valence-corrected chi connectivity index (χ2v) is 8.70. The summed E-state index contributed by atoms with van der Waals surface area (Å²) >= 11 is 0. The largest absolute Gasteiger partial charge is 0.353 e. The maximum atomic E-state index is 12.3. The SMILES string of the molecule is C[C@H](/C=C/C1=C(C/C=C\CCCC(=O)NC2CC2)C(=O)CC1)CCc1ccccc1. The summed E-state index contributed by atoms with van der Waals surface area (Å²) in [6, 6.07) is 11.0. The number of hydrogen-bond donors (Lipinski definition) is 1. The summed E-state index contributed by atoms with van der Waals surface area (Å²) < 4.78 is 0. The van der Waals surface area contributed by atoms with Gasteiger partial charge in [0.2, 0.25) is 5.91 Å². The van der Waals surface area contributed by atoms with Crippen LogP contribution in [-0.4, -0.2) is 17.7 Å². The first-order valence-corrected chi connectivity index (χ1v) is 11.5. The van der Waals surface area contributed by atoms with Gasteiger partial charge in [0.25, 0.3) is 0 Å². The van der Waals surface area contributed by atoms with Crippen molar-refractivity contribution in [1.29, 1.82) is 0 Å². The van der Waals surface area contributed by atoms with Gasteiger partial charge in [-0.1, -0.05) is 61.6 Å². The smallest absolute Gasteiger partial charge is 0.220 e. The lowest BCUT2D eigenvalue weighted by atomic mass is 9.99. The second-order valence-electron chi connectivity index (χ2n) is 8.70. The summed E-state index contributed by atoms with van der Waals surface area (Å²) in [6.45, 7) is 2.25. The molecule has 3 rings (SSSR count). The highest BCUT2D eigenvalue weighted by Crippen LogP contribution is 2.27. The van der Waals surface area contributed by atoms with E-state index in [4.69, 9.17) is 0 Å². The van der Waals surface area contributed by atoms with Gasteiger partial charge >= 0.3 is 0 Å².